The minimum atomic E-state index is -0.507. The van der Waals surface area contributed by atoms with E-state index in [1.807, 2.05) is 6.92 Å². The Morgan fingerprint density at radius 2 is 2.05 bits per heavy atom. The van der Waals surface area contributed by atoms with Gasteiger partial charge < -0.3 is 10.1 Å². The lowest BCUT2D eigenvalue weighted by molar-refractivity contribution is 0.0525. The highest BCUT2D eigenvalue weighted by molar-refractivity contribution is 5.96. The van der Waals surface area contributed by atoms with Crippen LogP contribution in [0.2, 0.25) is 0 Å². The number of alkyl carbamates (subject to hydrolysis) is 1. The summed E-state index contributed by atoms with van der Waals surface area (Å²) in [7, 11) is 1.79. The predicted octanol–water partition coefficient (Wildman–Crippen LogP) is 2.22. The van der Waals surface area contributed by atoms with Gasteiger partial charge in [0.2, 0.25) is 0 Å². The van der Waals surface area contributed by atoms with Crippen molar-refractivity contribution in [2.45, 2.75) is 46.1 Å². The average Bonchev–Trinajstić information content (AvgIpc) is 2.61. The topological polar surface area (TPSA) is 73.2 Å². The molecule has 6 heteroatoms. The van der Waals surface area contributed by atoms with Crippen molar-refractivity contribution in [1.82, 2.24) is 15.1 Å². The highest BCUT2D eigenvalue weighted by Crippen LogP contribution is 2.09. The fourth-order valence-electron chi connectivity index (χ4n) is 1.76. The van der Waals surface area contributed by atoms with Crippen LogP contribution in [0.1, 0.15) is 49.7 Å². The Morgan fingerprint density at radius 3 is 2.55 bits per heavy atom. The Labute approximate surface area is 119 Å². The second kappa shape index (κ2) is 6.54. The molecule has 20 heavy (non-hydrogen) atoms. The van der Waals surface area contributed by atoms with Gasteiger partial charge in [0.05, 0.1) is 11.3 Å². The van der Waals surface area contributed by atoms with Crippen molar-refractivity contribution in [3.63, 3.8) is 0 Å². The number of nitrogens with one attached hydrogen (secondary N) is 1. The third-order valence-electron chi connectivity index (χ3n) is 2.56. The summed E-state index contributed by atoms with van der Waals surface area (Å²) in [6, 6.07) is 0. The minimum Gasteiger partial charge on any atom is -0.444 e. The maximum Gasteiger partial charge on any atom is 0.407 e. The summed E-state index contributed by atoms with van der Waals surface area (Å²) in [4.78, 5) is 23.4. The number of nitrogens with zero attached hydrogens (tertiary/aromatic N) is 2. The van der Waals surface area contributed by atoms with E-state index in [0.717, 1.165) is 5.69 Å². The Morgan fingerprint density at radius 1 is 1.40 bits per heavy atom. The number of carbonyl (C=O) groups is 2. The van der Waals surface area contributed by atoms with Crippen LogP contribution in [-0.4, -0.2) is 33.8 Å². The van der Waals surface area contributed by atoms with Crippen molar-refractivity contribution in [3.05, 3.63) is 17.5 Å². The molecule has 0 aliphatic rings. The summed E-state index contributed by atoms with van der Waals surface area (Å²) in [5.74, 6) is 0.0431. The van der Waals surface area contributed by atoms with Crippen LogP contribution in [0, 0.1) is 6.92 Å². The quantitative estimate of drug-likeness (QED) is 0.663. The molecule has 1 aromatic rings. The smallest absolute Gasteiger partial charge is 0.407 e. The zero-order valence-electron chi connectivity index (χ0n) is 12.8. The van der Waals surface area contributed by atoms with Gasteiger partial charge in [-0.15, -0.1) is 0 Å². The number of hydrogen-bond donors (Lipinski definition) is 1. The zero-order chi connectivity index (χ0) is 15.3. The molecule has 1 N–H and O–H groups in total. The maximum absolute atomic E-state index is 12.0. The standard InChI is InChI=1S/C14H23N3O3/c1-10-11(9-17(5)16-10)12(18)7-6-8-15-13(19)20-14(2,3)4/h9H,6-8H2,1-5H3,(H,15,19). The lowest BCUT2D eigenvalue weighted by atomic mass is 10.1. The molecule has 112 valence electrons. The first kappa shape index (κ1) is 16.2. The van der Waals surface area contributed by atoms with Crippen molar-refractivity contribution in [2.75, 3.05) is 6.54 Å². The van der Waals surface area contributed by atoms with Crippen molar-refractivity contribution in [2.24, 2.45) is 7.05 Å². The van der Waals surface area contributed by atoms with E-state index in [-0.39, 0.29) is 5.78 Å². The molecule has 0 saturated heterocycles. The van der Waals surface area contributed by atoms with Gasteiger partial charge in [-0.25, -0.2) is 4.79 Å². The van der Waals surface area contributed by atoms with Crippen LogP contribution in [-0.2, 0) is 11.8 Å². The van der Waals surface area contributed by atoms with Crippen LogP contribution in [0.4, 0.5) is 4.79 Å². The number of ether oxygens (including phenoxy) is 1. The molecule has 0 bridgehead atoms. The summed E-state index contributed by atoms with van der Waals surface area (Å²) >= 11 is 0. The van der Waals surface area contributed by atoms with Gasteiger partial charge in [0.25, 0.3) is 0 Å². The van der Waals surface area contributed by atoms with Gasteiger partial charge in [-0.3, -0.25) is 9.48 Å². The molecule has 0 spiro atoms. The third kappa shape index (κ3) is 5.42. The first-order valence-electron chi connectivity index (χ1n) is 6.69. The molecule has 0 fully saturated rings. The minimum absolute atomic E-state index is 0.0431. The van der Waals surface area contributed by atoms with Gasteiger partial charge in [0.15, 0.2) is 5.78 Å². The lowest BCUT2D eigenvalue weighted by Crippen LogP contribution is -2.33. The monoisotopic (exact) mass is 281 g/mol. The van der Waals surface area contributed by atoms with E-state index >= 15 is 0 Å². The van der Waals surface area contributed by atoms with Crippen LogP contribution in [0.15, 0.2) is 6.20 Å². The largest absolute Gasteiger partial charge is 0.444 e. The number of hydrogen-bond acceptors (Lipinski definition) is 4. The number of aromatic nitrogens is 2. The molecule has 1 rings (SSSR count). The van der Waals surface area contributed by atoms with E-state index in [1.165, 1.54) is 0 Å². The lowest BCUT2D eigenvalue weighted by Gasteiger charge is -2.19. The van der Waals surface area contributed by atoms with Crippen molar-refractivity contribution in [1.29, 1.82) is 0 Å². The van der Waals surface area contributed by atoms with Gasteiger partial charge in [-0.1, -0.05) is 0 Å². The summed E-state index contributed by atoms with van der Waals surface area (Å²) in [5.41, 5.74) is 0.870. The van der Waals surface area contributed by atoms with Gasteiger partial charge in [-0.2, -0.15) is 5.10 Å². The van der Waals surface area contributed by atoms with Gasteiger partial charge in [0.1, 0.15) is 5.60 Å². The molecule has 1 aromatic heterocycles. The predicted molar refractivity (Wildman–Crippen MR) is 75.7 cm³/mol. The second-order valence-corrected chi connectivity index (χ2v) is 5.76. The third-order valence-corrected chi connectivity index (χ3v) is 2.56. The van der Waals surface area contributed by atoms with E-state index in [4.69, 9.17) is 4.74 Å². The Bertz CT molecular complexity index is 486. The first-order chi connectivity index (χ1) is 9.19. The number of ketones is 1. The molecule has 1 amide bonds. The molecule has 0 aromatic carbocycles. The van der Waals surface area contributed by atoms with E-state index in [2.05, 4.69) is 10.4 Å². The van der Waals surface area contributed by atoms with Crippen LogP contribution in [0.25, 0.3) is 0 Å². The van der Waals surface area contributed by atoms with Crippen LogP contribution in [0.3, 0.4) is 0 Å². The molecule has 0 atom stereocenters. The molecule has 1 heterocycles. The highest BCUT2D eigenvalue weighted by Gasteiger charge is 2.16. The molecule has 0 radical (unpaired) electrons. The zero-order valence-corrected chi connectivity index (χ0v) is 12.8. The van der Waals surface area contributed by atoms with Crippen LogP contribution >= 0.6 is 0 Å². The van der Waals surface area contributed by atoms with Crippen LogP contribution < -0.4 is 5.32 Å². The van der Waals surface area contributed by atoms with E-state index in [0.29, 0.717) is 24.9 Å². The highest BCUT2D eigenvalue weighted by atomic mass is 16.6. The molecule has 0 unspecified atom stereocenters. The summed E-state index contributed by atoms with van der Waals surface area (Å²) < 4.78 is 6.73. The fraction of sp³-hybridized carbons (Fsp3) is 0.643. The summed E-state index contributed by atoms with van der Waals surface area (Å²) in [5, 5.41) is 6.77. The molecular formula is C14H23N3O3. The summed E-state index contributed by atoms with van der Waals surface area (Å²) in [6.45, 7) is 7.65. The Balaban J connectivity index is 2.30. The normalized spacial score (nSPS) is 11.2. The molecule has 0 saturated carbocycles. The number of carbonyl (C=O) groups excluding carboxylic acids is 2. The van der Waals surface area contributed by atoms with E-state index in [9.17, 15) is 9.59 Å². The Kier molecular flexibility index (Phi) is 5.30. The SMILES string of the molecule is Cc1nn(C)cc1C(=O)CCCNC(=O)OC(C)(C)C. The Hall–Kier alpha value is -1.85. The van der Waals surface area contributed by atoms with Gasteiger partial charge in [-0.05, 0) is 34.1 Å². The number of aryl methyl sites for hydroxylation is 2. The molecular weight excluding hydrogens is 258 g/mol. The number of Topliss-reactive ketones (excluding diaryl/α,β-unsaturated/α-hetero) is 1. The van der Waals surface area contributed by atoms with Crippen molar-refractivity contribution >= 4 is 11.9 Å². The fourth-order valence-corrected chi connectivity index (χ4v) is 1.76. The van der Waals surface area contributed by atoms with Gasteiger partial charge >= 0.3 is 6.09 Å². The molecule has 6 nitrogen and oxygen atoms in total. The van der Waals surface area contributed by atoms with Crippen molar-refractivity contribution in [3.8, 4) is 0 Å². The second-order valence-electron chi connectivity index (χ2n) is 5.76. The van der Waals surface area contributed by atoms with Gasteiger partial charge in [0, 0.05) is 26.2 Å². The summed E-state index contributed by atoms with van der Waals surface area (Å²) in [6.07, 6.45) is 2.22. The maximum atomic E-state index is 12.0. The average molecular weight is 281 g/mol. The van der Waals surface area contributed by atoms with Crippen LogP contribution in [0.5, 0.6) is 0 Å². The van der Waals surface area contributed by atoms with E-state index < -0.39 is 11.7 Å². The first-order valence-corrected chi connectivity index (χ1v) is 6.69. The molecule has 0 aliphatic carbocycles. The van der Waals surface area contributed by atoms with E-state index in [1.54, 1.807) is 38.7 Å². The molecule has 0 aliphatic heterocycles. The number of rotatable bonds is 5. The van der Waals surface area contributed by atoms with Crippen molar-refractivity contribution < 1.29 is 14.3 Å². The number of amides is 1.